The summed E-state index contributed by atoms with van der Waals surface area (Å²) in [7, 11) is -9.93. The van der Waals surface area contributed by atoms with Crippen LogP contribution in [0.15, 0.2) is 0 Å². The summed E-state index contributed by atoms with van der Waals surface area (Å²) in [6, 6.07) is 0. The lowest BCUT2D eigenvalue weighted by molar-refractivity contribution is -0.161. The summed E-state index contributed by atoms with van der Waals surface area (Å²) in [6.45, 7) is 12.0. The molecule has 0 radical (unpaired) electrons. The highest BCUT2D eigenvalue weighted by molar-refractivity contribution is 7.47. The second-order valence-corrected chi connectivity index (χ2v) is 36.3. The van der Waals surface area contributed by atoms with E-state index in [0.717, 1.165) is 108 Å². The SMILES string of the molecule is CCCCCCCCCCCCCCCCCCCCCCCC(=O)OC[C@H](COP(=O)(O)OC[C@@H](O)COP(=O)(O)OC[C@@H](COC(=O)CCCCCCCCCC(C)C)OC(=O)CCCCCCCCCCCCCCCC(C)C)OC(=O)CCCCCCCCCCCCCCCCCCCCC(C)C. The molecule has 0 saturated carbocycles. The Morgan fingerprint density at radius 3 is 0.630 bits per heavy atom. The third-order valence-corrected chi connectivity index (χ3v) is 22.8. The van der Waals surface area contributed by atoms with Crippen LogP contribution in [0, 0.1) is 17.8 Å². The van der Waals surface area contributed by atoms with Gasteiger partial charge < -0.3 is 33.8 Å². The average molecular weight is 1580 g/mol. The van der Waals surface area contributed by atoms with Crippen LogP contribution in [-0.4, -0.2) is 96.7 Å². The van der Waals surface area contributed by atoms with Gasteiger partial charge in [0.2, 0.25) is 0 Å². The van der Waals surface area contributed by atoms with Crippen molar-refractivity contribution >= 4 is 39.5 Å². The lowest BCUT2D eigenvalue weighted by Gasteiger charge is -2.21. The molecule has 0 aromatic rings. The molecule has 19 heteroatoms. The summed E-state index contributed by atoms with van der Waals surface area (Å²) >= 11 is 0. The van der Waals surface area contributed by atoms with Crippen LogP contribution in [0.3, 0.4) is 0 Å². The molecule has 0 aromatic heterocycles. The van der Waals surface area contributed by atoms with Gasteiger partial charge in [0.05, 0.1) is 26.4 Å². The quantitative estimate of drug-likeness (QED) is 0.0222. The number of aliphatic hydroxyl groups is 1. The number of unbranched alkanes of at least 4 members (excludes halogenated alkanes) is 55. The van der Waals surface area contributed by atoms with Crippen LogP contribution in [-0.2, 0) is 65.4 Å². The molecule has 108 heavy (non-hydrogen) atoms. The summed E-state index contributed by atoms with van der Waals surface area (Å²) in [4.78, 5) is 73.3. The molecule has 0 saturated heterocycles. The fourth-order valence-corrected chi connectivity index (χ4v) is 15.5. The molecule has 642 valence electrons. The van der Waals surface area contributed by atoms with Crippen LogP contribution in [0.25, 0.3) is 0 Å². The lowest BCUT2D eigenvalue weighted by Crippen LogP contribution is -2.30. The van der Waals surface area contributed by atoms with E-state index in [2.05, 4.69) is 48.5 Å². The molecule has 0 heterocycles. The Morgan fingerprint density at radius 1 is 0.250 bits per heavy atom. The second-order valence-electron chi connectivity index (χ2n) is 33.4. The van der Waals surface area contributed by atoms with Crippen molar-refractivity contribution in [3.8, 4) is 0 Å². The minimum Gasteiger partial charge on any atom is -0.462 e. The van der Waals surface area contributed by atoms with Crippen molar-refractivity contribution in [2.45, 2.75) is 491 Å². The maximum Gasteiger partial charge on any atom is 0.472 e. The van der Waals surface area contributed by atoms with Crippen molar-refractivity contribution in [2.75, 3.05) is 39.6 Å². The van der Waals surface area contributed by atoms with Crippen LogP contribution in [0.4, 0.5) is 0 Å². The van der Waals surface area contributed by atoms with E-state index in [1.807, 2.05) is 0 Å². The monoisotopic (exact) mass is 1580 g/mol. The average Bonchev–Trinajstić information content (AvgIpc) is 0.897. The number of carbonyl (C=O) groups is 4. The Balaban J connectivity index is 5.22. The number of ether oxygens (including phenoxy) is 4. The molecular formula is C89H174O17P2. The summed E-state index contributed by atoms with van der Waals surface area (Å²) in [5, 5.41) is 10.7. The van der Waals surface area contributed by atoms with Gasteiger partial charge >= 0.3 is 39.5 Å². The summed E-state index contributed by atoms with van der Waals surface area (Å²) in [5.41, 5.74) is 0. The molecule has 3 N–H and O–H groups in total. The first-order valence-electron chi connectivity index (χ1n) is 45.8. The van der Waals surface area contributed by atoms with Gasteiger partial charge in [-0.2, -0.15) is 0 Å². The normalized spacial score (nSPS) is 13.8. The zero-order valence-corrected chi connectivity index (χ0v) is 73.1. The summed E-state index contributed by atoms with van der Waals surface area (Å²) in [5.74, 6) is 0.208. The number of hydrogen-bond donors (Lipinski definition) is 3. The minimum absolute atomic E-state index is 0.107. The molecule has 2 unspecified atom stereocenters. The molecule has 0 aliphatic rings. The highest BCUT2D eigenvalue weighted by Crippen LogP contribution is 2.45. The first-order valence-corrected chi connectivity index (χ1v) is 48.8. The van der Waals surface area contributed by atoms with E-state index in [4.69, 9.17) is 37.0 Å². The Kier molecular flexibility index (Phi) is 77.5. The van der Waals surface area contributed by atoms with Crippen LogP contribution in [0.1, 0.15) is 472 Å². The van der Waals surface area contributed by atoms with Gasteiger partial charge in [-0.05, 0) is 43.4 Å². The maximum absolute atomic E-state index is 13.2. The van der Waals surface area contributed by atoms with Gasteiger partial charge in [0.1, 0.15) is 19.3 Å². The first kappa shape index (κ1) is 106. The zero-order valence-electron chi connectivity index (χ0n) is 71.3. The van der Waals surface area contributed by atoms with Crippen molar-refractivity contribution in [3.63, 3.8) is 0 Å². The van der Waals surface area contributed by atoms with Gasteiger partial charge in [0.15, 0.2) is 12.2 Å². The standard InChI is InChI=1S/C89H174O17P2/c1-8-9-10-11-12-13-14-15-16-17-18-19-20-24-27-32-37-42-49-56-63-70-86(91)99-76-84(105-88(93)72-65-58-50-43-38-33-28-25-22-21-23-26-30-35-40-46-53-60-67-80(2)3)78-103-107(95,96)101-74-83(90)75-102-108(97,98)104-79-85(77-100-87(92)71-64-57-52-45-48-55-62-69-82(6)7)106-89(94)73-66-59-51-44-39-34-29-31-36-41-47-54-61-68-81(4)5/h80-85,90H,8-79H2,1-7H3,(H,95,96)(H,97,98)/t83-,84-,85-/m1/s1. The topological polar surface area (TPSA) is 237 Å². The van der Waals surface area contributed by atoms with Crippen LogP contribution < -0.4 is 0 Å². The molecular weight excluding hydrogens is 1400 g/mol. The molecule has 0 amide bonds. The number of aliphatic hydroxyl groups excluding tert-OH is 1. The Labute approximate surface area is 664 Å². The first-order chi connectivity index (χ1) is 52.2. The molecule has 0 aliphatic carbocycles. The van der Waals surface area contributed by atoms with Crippen LogP contribution in [0.5, 0.6) is 0 Å². The second kappa shape index (κ2) is 78.9. The van der Waals surface area contributed by atoms with Gasteiger partial charge in [0.25, 0.3) is 0 Å². The fourth-order valence-electron chi connectivity index (χ4n) is 13.9. The third-order valence-electron chi connectivity index (χ3n) is 20.9. The Morgan fingerprint density at radius 2 is 0.426 bits per heavy atom. The Bertz CT molecular complexity index is 2080. The number of hydrogen-bond acceptors (Lipinski definition) is 15. The van der Waals surface area contributed by atoms with Crippen molar-refractivity contribution in [3.05, 3.63) is 0 Å². The van der Waals surface area contributed by atoms with Gasteiger partial charge in [-0.3, -0.25) is 37.3 Å². The molecule has 5 atom stereocenters. The van der Waals surface area contributed by atoms with Gasteiger partial charge in [-0.25, -0.2) is 9.13 Å². The van der Waals surface area contributed by atoms with E-state index in [1.54, 1.807) is 0 Å². The molecule has 0 rings (SSSR count). The maximum atomic E-state index is 13.2. The van der Waals surface area contributed by atoms with Crippen molar-refractivity contribution in [1.29, 1.82) is 0 Å². The summed E-state index contributed by atoms with van der Waals surface area (Å²) in [6.07, 6.45) is 71.1. The molecule has 0 aromatic carbocycles. The van der Waals surface area contributed by atoms with E-state index < -0.39 is 97.5 Å². The third kappa shape index (κ3) is 82.1. The number of esters is 4. The minimum atomic E-state index is -4.97. The van der Waals surface area contributed by atoms with E-state index in [0.29, 0.717) is 31.6 Å². The van der Waals surface area contributed by atoms with Crippen molar-refractivity contribution in [1.82, 2.24) is 0 Å². The van der Waals surface area contributed by atoms with Crippen molar-refractivity contribution < 1.29 is 80.2 Å². The number of rotatable bonds is 87. The Hall–Kier alpha value is -1.94. The fraction of sp³-hybridized carbons (Fsp3) is 0.955. The highest BCUT2D eigenvalue weighted by Gasteiger charge is 2.31. The molecule has 0 spiro atoms. The predicted molar refractivity (Wildman–Crippen MR) is 446 cm³/mol. The number of phosphoric acid groups is 2. The van der Waals surface area contributed by atoms with Gasteiger partial charge in [-0.15, -0.1) is 0 Å². The van der Waals surface area contributed by atoms with E-state index >= 15 is 0 Å². The van der Waals surface area contributed by atoms with Crippen molar-refractivity contribution in [2.24, 2.45) is 17.8 Å². The van der Waals surface area contributed by atoms with Gasteiger partial charge in [-0.1, -0.05) is 421 Å². The summed E-state index contributed by atoms with van der Waals surface area (Å²) < 4.78 is 69.0. The molecule has 17 nitrogen and oxygen atoms in total. The smallest absolute Gasteiger partial charge is 0.462 e. The van der Waals surface area contributed by atoms with Crippen LogP contribution >= 0.6 is 15.6 Å². The number of phosphoric ester groups is 2. The number of carbonyl (C=O) groups excluding carboxylic acids is 4. The van der Waals surface area contributed by atoms with E-state index in [1.165, 1.54) is 276 Å². The predicted octanol–water partition coefficient (Wildman–Crippen LogP) is 27.3. The highest BCUT2D eigenvalue weighted by atomic mass is 31.2. The van der Waals surface area contributed by atoms with Gasteiger partial charge in [0, 0.05) is 25.7 Å². The van der Waals surface area contributed by atoms with E-state index in [9.17, 15) is 43.2 Å². The lowest BCUT2D eigenvalue weighted by atomic mass is 10.0. The van der Waals surface area contributed by atoms with Crippen LogP contribution in [0.2, 0.25) is 0 Å². The largest absolute Gasteiger partial charge is 0.472 e. The molecule has 0 aliphatic heterocycles. The van der Waals surface area contributed by atoms with E-state index in [-0.39, 0.29) is 25.7 Å². The molecule has 0 fully saturated rings. The zero-order chi connectivity index (χ0) is 79.3. The molecule has 0 bridgehead atoms.